The second-order valence-electron chi connectivity index (χ2n) is 4.71. The zero-order valence-electron chi connectivity index (χ0n) is 11.7. The molecule has 0 aromatic heterocycles. The minimum Gasteiger partial charge on any atom is -0.310 e. The molecule has 0 aliphatic carbocycles. The molecule has 1 N–H and O–H groups in total. The van der Waals surface area contributed by atoms with Crippen molar-refractivity contribution in [2.45, 2.75) is 32.7 Å². The number of benzene rings is 1. The van der Waals surface area contributed by atoms with E-state index >= 15 is 0 Å². The lowest BCUT2D eigenvalue weighted by atomic mass is 10.0. The first-order valence-corrected chi connectivity index (χ1v) is 6.85. The Balaban J connectivity index is 2.68. The Hall–Kier alpha value is -0.930. The van der Waals surface area contributed by atoms with Crippen LogP contribution >= 0.6 is 0 Å². The first-order valence-electron chi connectivity index (χ1n) is 6.85. The van der Waals surface area contributed by atoms with Gasteiger partial charge in [0.1, 0.15) is 5.82 Å². The van der Waals surface area contributed by atoms with Gasteiger partial charge < -0.3 is 10.2 Å². The van der Waals surface area contributed by atoms with E-state index in [9.17, 15) is 4.39 Å². The minimum absolute atomic E-state index is 0.106. The molecule has 0 radical (unpaired) electrons. The molecular weight excluding hydrogens is 227 g/mol. The quantitative estimate of drug-likeness (QED) is 0.764. The Morgan fingerprint density at radius 1 is 1.28 bits per heavy atom. The molecule has 0 aliphatic heterocycles. The van der Waals surface area contributed by atoms with E-state index in [1.165, 1.54) is 0 Å². The molecule has 2 nitrogen and oxygen atoms in total. The second-order valence-corrected chi connectivity index (χ2v) is 4.71. The molecule has 1 aromatic carbocycles. The van der Waals surface area contributed by atoms with Crippen molar-refractivity contribution in [2.75, 3.05) is 26.7 Å². The summed E-state index contributed by atoms with van der Waals surface area (Å²) in [5.74, 6) is -0.106. The first kappa shape index (κ1) is 15.1. The summed E-state index contributed by atoms with van der Waals surface area (Å²) in [5.41, 5.74) is 0.787. The first-order chi connectivity index (χ1) is 8.69. The van der Waals surface area contributed by atoms with Crippen LogP contribution in [0.2, 0.25) is 0 Å². The predicted octanol–water partition coefficient (Wildman–Crippen LogP) is 3.21. The molecule has 0 amide bonds. The Morgan fingerprint density at radius 2 is 2.00 bits per heavy atom. The van der Waals surface area contributed by atoms with Gasteiger partial charge >= 0.3 is 0 Å². The van der Waals surface area contributed by atoms with Crippen molar-refractivity contribution in [3.8, 4) is 0 Å². The Kier molecular flexibility index (Phi) is 6.91. The highest BCUT2D eigenvalue weighted by molar-refractivity contribution is 5.21. The van der Waals surface area contributed by atoms with Crippen molar-refractivity contribution in [3.63, 3.8) is 0 Å². The van der Waals surface area contributed by atoms with Gasteiger partial charge in [-0.25, -0.2) is 4.39 Å². The molecule has 3 heteroatoms. The van der Waals surface area contributed by atoms with Crippen LogP contribution in [0.4, 0.5) is 4.39 Å². The normalized spacial score (nSPS) is 12.9. The van der Waals surface area contributed by atoms with Crippen molar-refractivity contribution in [2.24, 2.45) is 0 Å². The Bertz CT molecular complexity index is 341. The molecule has 1 aromatic rings. The number of hydrogen-bond donors (Lipinski definition) is 1. The van der Waals surface area contributed by atoms with E-state index in [2.05, 4.69) is 31.1 Å². The highest BCUT2D eigenvalue weighted by atomic mass is 19.1. The topological polar surface area (TPSA) is 15.3 Å². The fraction of sp³-hybridized carbons (Fsp3) is 0.600. The number of nitrogens with one attached hydrogen (secondary N) is 1. The van der Waals surface area contributed by atoms with Gasteiger partial charge in [0.05, 0.1) is 0 Å². The molecule has 1 rings (SSSR count). The SMILES string of the molecule is CCCNC(CCN(C)CC)c1ccccc1F. The van der Waals surface area contributed by atoms with E-state index in [4.69, 9.17) is 0 Å². The molecule has 18 heavy (non-hydrogen) atoms. The fourth-order valence-electron chi connectivity index (χ4n) is 1.95. The Labute approximate surface area is 110 Å². The van der Waals surface area contributed by atoms with Crippen LogP contribution in [0, 0.1) is 5.82 Å². The summed E-state index contributed by atoms with van der Waals surface area (Å²) in [5, 5.41) is 3.44. The maximum absolute atomic E-state index is 13.8. The minimum atomic E-state index is -0.106. The third-order valence-electron chi connectivity index (χ3n) is 3.26. The van der Waals surface area contributed by atoms with Gasteiger partial charge in [0.25, 0.3) is 0 Å². The summed E-state index contributed by atoms with van der Waals surface area (Å²) >= 11 is 0. The highest BCUT2D eigenvalue weighted by Gasteiger charge is 2.14. The second kappa shape index (κ2) is 8.22. The van der Waals surface area contributed by atoms with E-state index in [0.29, 0.717) is 0 Å². The summed E-state index contributed by atoms with van der Waals surface area (Å²) < 4.78 is 13.8. The van der Waals surface area contributed by atoms with Crippen LogP contribution in [-0.2, 0) is 0 Å². The van der Waals surface area contributed by atoms with Gasteiger partial charge in [-0.2, -0.15) is 0 Å². The van der Waals surface area contributed by atoms with E-state index in [1.54, 1.807) is 12.1 Å². The number of rotatable bonds is 8. The van der Waals surface area contributed by atoms with Gasteiger partial charge in [0.15, 0.2) is 0 Å². The monoisotopic (exact) mass is 252 g/mol. The zero-order valence-corrected chi connectivity index (χ0v) is 11.7. The van der Waals surface area contributed by atoms with E-state index < -0.39 is 0 Å². The maximum Gasteiger partial charge on any atom is 0.127 e. The van der Waals surface area contributed by atoms with E-state index in [-0.39, 0.29) is 11.9 Å². The molecular formula is C15H25FN2. The zero-order chi connectivity index (χ0) is 13.4. The smallest absolute Gasteiger partial charge is 0.127 e. The highest BCUT2D eigenvalue weighted by Crippen LogP contribution is 2.20. The summed E-state index contributed by atoms with van der Waals surface area (Å²) in [6, 6.07) is 7.19. The summed E-state index contributed by atoms with van der Waals surface area (Å²) in [4.78, 5) is 2.25. The molecule has 0 spiro atoms. The van der Waals surface area contributed by atoms with Gasteiger partial charge in [-0.3, -0.25) is 0 Å². The molecule has 102 valence electrons. The third kappa shape index (κ3) is 4.75. The lowest BCUT2D eigenvalue weighted by Gasteiger charge is -2.22. The molecule has 1 atom stereocenters. The molecule has 0 aliphatic rings. The van der Waals surface area contributed by atoms with Crippen LogP contribution in [0.15, 0.2) is 24.3 Å². The average molecular weight is 252 g/mol. The number of nitrogens with zero attached hydrogens (tertiary/aromatic N) is 1. The van der Waals surface area contributed by atoms with Gasteiger partial charge in [-0.15, -0.1) is 0 Å². The summed E-state index contributed by atoms with van der Waals surface area (Å²) in [7, 11) is 2.10. The predicted molar refractivity (Wildman–Crippen MR) is 75.2 cm³/mol. The van der Waals surface area contributed by atoms with Crippen LogP contribution < -0.4 is 5.32 Å². The van der Waals surface area contributed by atoms with Crippen molar-refractivity contribution in [3.05, 3.63) is 35.6 Å². The van der Waals surface area contributed by atoms with Crippen LogP contribution in [0.3, 0.4) is 0 Å². The molecule has 1 unspecified atom stereocenters. The molecule has 0 saturated heterocycles. The molecule has 0 saturated carbocycles. The van der Waals surface area contributed by atoms with Gasteiger partial charge in [-0.05, 0) is 45.6 Å². The van der Waals surface area contributed by atoms with Gasteiger partial charge in [-0.1, -0.05) is 32.0 Å². The van der Waals surface area contributed by atoms with Crippen molar-refractivity contribution >= 4 is 0 Å². The summed E-state index contributed by atoms with van der Waals surface area (Å²) in [6.45, 7) is 7.19. The standard InChI is InChI=1S/C15H25FN2/c1-4-11-17-15(10-12-18(3)5-2)13-8-6-7-9-14(13)16/h6-9,15,17H,4-5,10-12H2,1-3H3. The van der Waals surface area contributed by atoms with Crippen LogP contribution in [0.25, 0.3) is 0 Å². The Morgan fingerprint density at radius 3 is 2.61 bits per heavy atom. The van der Waals surface area contributed by atoms with Crippen molar-refractivity contribution < 1.29 is 4.39 Å². The van der Waals surface area contributed by atoms with Crippen molar-refractivity contribution in [1.29, 1.82) is 0 Å². The average Bonchev–Trinajstić information content (AvgIpc) is 2.39. The third-order valence-corrected chi connectivity index (χ3v) is 3.26. The maximum atomic E-state index is 13.8. The van der Waals surface area contributed by atoms with E-state index in [0.717, 1.165) is 38.0 Å². The fourth-order valence-corrected chi connectivity index (χ4v) is 1.95. The van der Waals surface area contributed by atoms with Crippen LogP contribution in [0.1, 0.15) is 38.3 Å². The van der Waals surface area contributed by atoms with E-state index in [1.807, 2.05) is 12.1 Å². The summed E-state index contributed by atoms with van der Waals surface area (Å²) in [6.07, 6.45) is 2.00. The molecule has 0 bridgehead atoms. The molecule has 0 heterocycles. The van der Waals surface area contributed by atoms with Crippen LogP contribution in [-0.4, -0.2) is 31.6 Å². The number of halogens is 1. The van der Waals surface area contributed by atoms with Gasteiger partial charge in [0, 0.05) is 11.6 Å². The lowest BCUT2D eigenvalue weighted by Crippen LogP contribution is -2.28. The molecule has 0 fully saturated rings. The number of hydrogen-bond acceptors (Lipinski definition) is 2. The largest absolute Gasteiger partial charge is 0.310 e. The lowest BCUT2D eigenvalue weighted by molar-refractivity contribution is 0.319. The van der Waals surface area contributed by atoms with Gasteiger partial charge in [0.2, 0.25) is 0 Å². The van der Waals surface area contributed by atoms with Crippen molar-refractivity contribution in [1.82, 2.24) is 10.2 Å². The van der Waals surface area contributed by atoms with Crippen LogP contribution in [0.5, 0.6) is 0 Å².